The Labute approximate surface area is 73.1 Å². The lowest BCUT2D eigenvalue weighted by Crippen LogP contribution is -2.46. The third kappa shape index (κ3) is 2.70. The minimum atomic E-state index is 0.0817. The van der Waals surface area contributed by atoms with E-state index in [9.17, 15) is 4.79 Å². The number of rotatable bonds is 4. The lowest BCUT2D eigenvalue weighted by Gasteiger charge is -2.27. The third-order valence-corrected chi connectivity index (χ3v) is 2.05. The summed E-state index contributed by atoms with van der Waals surface area (Å²) in [6, 6.07) is 0.0817. The highest BCUT2D eigenvalue weighted by Gasteiger charge is 2.15. The lowest BCUT2D eigenvalue weighted by molar-refractivity contribution is 0.185. The van der Waals surface area contributed by atoms with E-state index < -0.39 is 0 Å². The SMILES string of the molecule is NCCCCN1CCCNC1=O. The molecule has 0 radical (unpaired) electrons. The van der Waals surface area contributed by atoms with Crippen molar-refractivity contribution in [1.82, 2.24) is 10.2 Å². The maximum absolute atomic E-state index is 11.2. The summed E-state index contributed by atoms with van der Waals surface area (Å²) in [6.07, 6.45) is 3.09. The predicted octanol–water partition coefficient (Wildman–Crippen LogP) is 0.141. The van der Waals surface area contributed by atoms with E-state index in [1.54, 1.807) is 0 Å². The molecule has 1 saturated heterocycles. The van der Waals surface area contributed by atoms with Gasteiger partial charge in [0.05, 0.1) is 0 Å². The van der Waals surface area contributed by atoms with Crippen LogP contribution in [0.1, 0.15) is 19.3 Å². The summed E-state index contributed by atoms with van der Waals surface area (Å²) >= 11 is 0. The molecule has 0 aliphatic carbocycles. The molecule has 1 fully saturated rings. The molecule has 3 N–H and O–H groups in total. The Bertz CT molecular complexity index is 149. The zero-order chi connectivity index (χ0) is 8.81. The number of nitrogens with two attached hydrogens (primary N) is 1. The topological polar surface area (TPSA) is 58.4 Å². The summed E-state index contributed by atoms with van der Waals surface area (Å²) in [5.74, 6) is 0. The van der Waals surface area contributed by atoms with Crippen LogP contribution in [0.5, 0.6) is 0 Å². The Kier molecular flexibility index (Phi) is 3.87. The van der Waals surface area contributed by atoms with Crippen molar-refractivity contribution < 1.29 is 4.79 Å². The fraction of sp³-hybridized carbons (Fsp3) is 0.875. The second-order valence-corrected chi connectivity index (χ2v) is 3.07. The van der Waals surface area contributed by atoms with Gasteiger partial charge in [-0.25, -0.2) is 4.79 Å². The number of carbonyl (C=O) groups is 1. The monoisotopic (exact) mass is 171 g/mol. The molecule has 1 rings (SSSR count). The van der Waals surface area contributed by atoms with Gasteiger partial charge in [0, 0.05) is 19.6 Å². The Balaban J connectivity index is 2.16. The van der Waals surface area contributed by atoms with Crippen LogP contribution in [0.3, 0.4) is 0 Å². The van der Waals surface area contributed by atoms with E-state index in [1.807, 2.05) is 4.90 Å². The highest BCUT2D eigenvalue weighted by atomic mass is 16.2. The van der Waals surface area contributed by atoms with E-state index in [-0.39, 0.29) is 6.03 Å². The fourth-order valence-electron chi connectivity index (χ4n) is 1.34. The van der Waals surface area contributed by atoms with Crippen molar-refractivity contribution in [2.75, 3.05) is 26.2 Å². The van der Waals surface area contributed by atoms with Crippen LogP contribution in [-0.4, -0.2) is 37.1 Å². The molecule has 4 nitrogen and oxygen atoms in total. The first-order chi connectivity index (χ1) is 5.84. The van der Waals surface area contributed by atoms with Gasteiger partial charge in [-0.3, -0.25) is 0 Å². The molecule has 0 atom stereocenters. The van der Waals surface area contributed by atoms with Crippen molar-refractivity contribution in [3.05, 3.63) is 0 Å². The summed E-state index contributed by atoms with van der Waals surface area (Å²) in [7, 11) is 0. The summed E-state index contributed by atoms with van der Waals surface area (Å²) in [5, 5.41) is 2.81. The van der Waals surface area contributed by atoms with Crippen molar-refractivity contribution in [1.29, 1.82) is 0 Å². The van der Waals surface area contributed by atoms with Gasteiger partial charge in [-0.15, -0.1) is 0 Å². The van der Waals surface area contributed by atoms with Gasteiger partial charge in [0.25, 0.3) is 0 Å². The number of nitrogens with one attached hydrogen (secondary N) is 1. The number of urea groups is 1. The van der Waals surface area contributed by atoms with E-state index in [4.69, 9.17) is 5.73 Å². The molecular weight excluding hydrogens is 154 g/mol. The normalized spacial score (nSPS) is 17.8. The molecule has 0 spiro atoms. The van der Waals surface area contributed by atoms with Crippen LogP contribution < -0.4 is 11.1 Å². The molecule has 4 heteroatoms. The van der Waals surface area contributed by atoms with Gasteiger partial charge in [-0.2, -0.15) is 0 Å². The third-order valence-electron chi connectivity index (χ3n) is 2.05. The van der Waals surface area contributed by atoms with Gasteiger partial charge < -0.3 is 16.0 Å². The molecule has 0 aromatic heterocycles. The average molecular weight is 171 g/mol. The van der Waals surface area contributed by atoms with Crippen LogP contribution in [0.25, 0.3) is 0 Å². The molecule has 1 aliphatic rings. The largest absolute Gasteiger partial charge is 0.338 e. The van der Waals surface area contributed by atoms with E-state index in [1.165, 1.54) is 0 Å². The minimum absolute atomic E-state index is 0.0817. The van der Waals surface area contributed by atoms with Crippen LogP contribution in [0.2, 0.25) is 0 Å². The first-order valence-electron chi connectivity index (χ1n) is 4.57. The van der Waals surface area contributed by atoms with E-state index in [0.29, 0.717) is 0 Å². The molecule has 0 aromatic rings. The van der Waals surface area contributed by atoms with E-state index in [2.05, 4.69) is 5.32 Å². The zero-order valence-electron chi connectivity index (χ0n) is 7.38. The van der Waals surface area contributed by atoms with Crippen molar-refractivity contribution in [3.63, 3.8) is 0 Å². The van der Waals surface area contributed by atoms with Crippen LogP contribution >= 0.6 is 0 Å². The number of hydrogen-bond acceptors (Lipinski definition) is 2. The van der Waals surface area contributed by atoms with Crippen LogP contribution in [0, 0.1) is 0 Å². The molecule has 70 valence electrons. The smallest absolute Gasteiger partial charge is 0.317 e. The molecule has 1 aliphatic heterocycles. The maximum Gasteiger partial charge on any atom is 0.317 e. The van der Waals surface area contributed by atoms with E-state index >= 15 is 0 Å². The van der Waals surface area contributed by atoms with Gasteiger partial charge in [0.2, 0.25) is 0 Å². The predicted molar refractivity (Wildman–Crippen MR) is 47.9 cm³/mol. The second kappa shape index (κ2) is 4.98. The highest BCUT2D eigenvalue weighted by molar-refractivity contribution is 5.74. The quantitative estimate of drug-likeness (QED) is 0.591. The number of unbranched alkanes of at least 4 members (excludes halogenated alkanes) is 1. The molecule has 2 amide bonds. The molecule has 0 unspecified atom stereocenters. The summed E-state index contributed by atoms with van der Waals surface area (Å²) in [5.41, 5.74) is 5.36. The Morgan fingerprint density at radius 1 is 1.50 bits per heavy atom. The Morgan fingerprint density at radius 2 is 2.33 bits per heavy atom. The van der Waals surface area contributed by atoms with Gasteiger partial charge in [0.15, 0.2) is 0 Å². The number of carbonyl (C=O) groups excluding carboxylic acids is 1. The van der Waals surface area contributed by atoms with Crippen molar-refractivity contribution in [2.24, 2.45) is 5.73 Å². The first kappa shape index (κ1) is 9.32. The lowest BCUT2D eigenvalue weighted by atomic mass is 10.2. The van der Waals surface area contributed by atoms with Crippen LogP contribution in [0.15, 0.2) is 0 Å². The van der Waals surface area contributed by atoms with Crippen molar-refractivity contribution >= 4 is 6.03 Å². The minimum Gasteiger partial charge on any atom is -0.338 e. The van der Waals surface area contributed by atoms with Gasteiger partial charge in [-0.05, 0) is 25.8 Å². The molecule has 12 heavy (non-hydrogen) atoms. The Morgan fingerprint density at radius 3 is 3.00 bits per heavy atom. The van der Waals surface area contributed by atoms with Crippen LogP contribution in [0.4, 0.5) is 4.79 Å². The van der Waals surface area contributed by atoms with Gasteiger partial charge in [-0.1, -0.05) is 0 Å². The molecular formula is C8H17N3O. The average Bonchev–Trinajstić information content (AvgIpc) is 2.09. The zero-order valence-corrected chi connectivity index (χ0v) is 7.38. The van der Waals surface area contributed by atoms with E-state index in [0.717, 1.165) is 45.4 Å². The van der Waals surface area contributed by atoms with Crippen LogP contribution in [-0.2, 0) is 0 Å². The molecule has 0 aromatic carbocycles. The summed E-state index contributed by atoms with van der Waals surface area (Å²) in [6.45, 7) is 3.29. The highest BCUT2D eigenvalue weighted by Crippen LogP contribution is 2.00. The molecule has 0 saturated carbocycles. The molecule has 1 heterocycles. The summed E-state index contributed by atoms with van der Waals surface area (Å²) in [4.78, 5) is 13.0. The standard InChI is InChI=1S/C8H17N3O/c9-4-1-2-6-11-7-3-5-10-8(11)12/h1-7,9H2,(H,10,12). The molecule has 0 bridgehead atoms. The second-order valence-electron chi connectivity index (χ2n) is 3.07. The Hall–Kier alpha value is -0.770. The van der Waals surface area contributed by atoms with Gasteiger partial charge >= 0.3 is 6.03 Å². The fourth-order valence-corrected chi connectivity index (χ4v) is 1.34. The number of nitrogens with zero attached hydrogens (tertiary/aromatic N) is 1. The summed E-state index contributed by atoms with van der Waals surface area (Å²) < 4.78 is 0. The van der Waals surface area contributed by atoms with Crippen molar-refractivity contribution in [2.45, 2.75) is 19.3 Å². The van der Waals surface area contributed by atoms with Crippen molar-refractivity contribution in [3.8, 4) is 0 Å². The first-order valence-corrected chi connectivity index (χ1v) is 4.57. The maximum atomic E-state index is 11.2. The number of amides is 2. The number of hydrogen-bond donors (Lipinski definition) is 2. The van der Waals surface area contributed by atoms with Gasteiger partial charge in [0.1, 0.15) is 0 Å².